The van der Waals surface area contributed by atoms with Crippen LogP contribution in [0.5, 0.6) is 0 Å². The van der Waals surface area contributed by atoms with E-state index in [0.717, 1.165) is 32.1 Å². The Kier molecular flexibility index (Phi) is 3.15. The highest BCUT2D eigenvalue weighted by atomic mass is 16.3. The van der Waals surface area contributed by atoms with Gasteiger partial charge in [0.1, 0.15) is 11.6 Å². The van der Waals surface area contributed by atoms with Crippen LogP contribution in [0, 0.1) is 34.5 Å². The summed E-state index contributed by atoms with van der Waals surface area (Å²) in [5.41, 5.74) is -0.158. The maximum Gasteiger partial charge on any atom is 0.137 e. The van der Waals surface area contributed by atoms with Gasteiger partial charge in [-0.3, -0.25) is 9.59 Å². The third-order valence-electron chi connectivity index (χ3n) is 8.11. The summed E-state index contributed by atoms with van der Waals surface area (Å²) in [6.07, 6.45) is 6.61. The molecule has 0 amide bonds. The average molecular weight is 304 g/mol. The zero-order valence-corrected chi connectivity index (χ0v) is 13.8. The second-order valence-corrected chi connectivity index (χ2v) is 9.01. The normalized spacial score (nSPS) is 54.6. The Bertz CT molecular complexity index is 527. The van der Waals surface area contributed by atoms with Crippen LogP contribution in [-0.2, 0) is 9.59 Å². The molecule has 0 heterocycles. The Balaban J connectivity index is 1.71. The van der Waals surface area contributed by atoms with Gasteiger partial charge in [0, 0.05) is 30.6 Å². The summed E-state index contributed by atoms with van der Waals surface area (Å²) in [5.74, 6) is 2.27. The van der Waals surface area contributed by atoms with Gasteiger partial charge in [-0.2, -0.15) is 0 Å². The first kappa shape index (κ1) is 14.9. The minimum atomic E-state index is -0.305. The van der Waals surface area contributed by atoms with Crippen LogP contribution in [0.4, 0.5) is 0 Å². The number of hydrogen-bond acceptors (Lipinski definition) is 3. The SMILES string of the molecule is CC12CC(=O)C3C(CCC4CC(=O)CCC43C)C1CCC2O. The maximum atomic E-state index is 13.1. The summed E-state index contributed by atoms with van der Waals surface area (Å²) < 4.78 is 0. The van der Waals surface area contributed by atoms with Gasteiger partial charge in [0.2, 0.25) is 0 Å². The Morgan fingerprint density at radius 1 is 1.05 bits per heavy atom. The number of carbonyl (C=O) groups excluding carboxylic acids is 2. The van der Waals surface area contributed by atoms with Gasteiger partial charge in [0.05, 0.1) is 6.10 Å². The molecular formula is C19H28O3. The van der Waals surface area contributed by atoms with Crippen LogP contribution in [-0.4, -0.2) is 22.8 Å². The van der Waals surface area contributed by atoms with Crippen LogP contribution in [0.1, 0.15) is 65.2 Å². The van der Waals surface area contributed by atoms with Crippen molar-refractivity contribution in [3.05, 3.63) is 0 Å². The van der Waals surface area contributed by atoms with E-state index < -0.39 is 0 Å². The molecule has 4 saturated carbocycles. The zero-order chi connectivity index (χ0) is 15.7. The average Bonchev–Trinajstić information content (AvgIpc) is 2.75. The number of fused-ring (bicyclic) bond motifs is 5. The van der Waals surface area contributed by atoms with E-state index in [1.54, 1.807) is 0 Å². The molecule has 0 aromatic heterocycles. The smallest absolute Gasteiger partial charge is 0.137 e. The van der Waals surface area contributed by atoms with E-state index in [2.05, 4.69) is 13.8 Å². The van der Waals surface area contributed by atoms with Crippen molar-refractivity contribution in [3.8, 4) is 0 Å². The lowest BCUT2D eigenvalue weighted by atomic mass is 9.45. The van der Waals surface area contributed by atoms with Crippen LogP contribution < -0.4 is 0 Å². The summed E-state index contributed by atoms with van der Waals surface area (Å²) in [6.45, 7) is 4.43. The lowest BCUT2D eigenvalue weighted by Crippen LogP contribution is -2.57. The van der Waals surface area contributed by atoms with Crippen molar-refractivity contribution in [1.82, 2.24) is 0 Å². The van der Waals surface area contributed by atoms with E-state index in [4.69, 9.17) is 0 Å². The highest BCUT2D eigenvalue weighted by molar-refractivity contribution is 5.85. The van der Waals surface area contributed by atoms with Crippen LogP contribution >= 0.6 is 0 Å². The molecule has 0 aromatic carbocycles. The molecule has 4 rings (SSSR count). The molecule has 0 spiro atoms. The van der Waals surface area contributed by atoms with Gasteiger partial charge < -0.3 is 5.11 Å². The number of Topliss-reactive ketones (excluding diaryl/α,β-unsaturated/α-hetero) is 2. The fourth-order valence-electron chi connectivity index (χ4n) is 6.83. The number of aliphatic hydroxyl groups excluding tert-OH is 1. The molecule has 22 heavy (non-hydrogen) atoms. The van der Waals surface area contributed by atoms with Crippen molar-refractivity contribution >= 4 is 11.6 Å². The van der Waals surface area contributed by atoms with Crippen molar-refractivity contribution in [2.75, 3.05) is 0 Å². The highest BCUT2D eigenvalue weighted by Crippen LogP contribution is 2.64. The Morgan fingerprint density at radius 2 is 1.82 bits per heavy atom. The molecule has 7 unspecified atom stereocenters. The molecule has 3 nitrogen and oxygen atoms in total. The minimum Gasteiger partial charge on any atom is -0.393 e. The molecule has 4 fully saturated rings. The largest absolute Gasteiger partial charge is 0.393 e. The van der Waals surface area contributed by atoms with Crippen LogP contribution in [0.25, 0.3) is 0 Å². The van der Waals surface area contributed by atoms with E-state index in [-0.39, 0.29) is 22.9 Å². The lowest BCUT2D eigenvalue weighted by Gasteiger charge is -2.58. The quantitative estimate of drug-likeness (QED) is 0.748. The van der Waals surface area contributed by atoms with Gasteiger partial charge in [-0.15, -0.1) is 0 Å². The highest BCUT2D eigenvalue weighted by Gasteiger charge is 2.63. The van der Waals surface area contributed by atoms with Crippen LogP contribution in [0.3, 0.4) is 0 Å². The molecule has 4 aliphatic carbocycles. The summed E-state index contributed by atoms with van der Waals surface area (Å²) in [5, 5.41) is 10.4. The molecule has 122 valence electrons. The number of rotatable bonds is 0. The molecule has 0 saturated heterocycles. The van der Waals surface area contributed by atoms with Gasteiger partial charge in [0.25, 0.3) is 0 Å². The number of aliphatic hydroxyl groups is 1. The van der Waals surface area contributed by atoms with Crippen molar-refractivity contribution in [2.24, 2.45) is 34.5 Å². The van der Waals surface area contributed by atoms with Crippen molar-refractivity contribution in [3.63, 3.8) is 0 Å². The summed E-state index contributed by atoms with van der Waals surface area (Å²) in [7, 11) is 0. The topological polar surface area (TPSA) is 54.4 Å². The van der Waals surface area contributed by atoms with Gasteiger partial charge in [-0.05, 0) is 55.3 Å². The first-order valence-electron chi connectivity index (χ1n) is 9.09. The van der Waals surface area contributed by atoms with Gasteiger partial charge in [-0.1, -0.05) is 13.8 Å². The summed E-state index contributed by atoms with van der Waals surface area (Å²) in [6, 6.07) is 0. The van der Waals surface area contributed by atoms with Crippen LogP contribution in [0.2, 0.25) is 0 Å². The molecule has 1 N–H and O–H groups in total. The summed E-state index contributed by atoms with van der Waals surface area (Å²) >= 11 is 0. The molecule has 4 aliphatic rings. The van der Waals surface area contributed by atoms with Gasteiger partial charge in [-0.25, -0.2) is 0 Å². The first-order valence-corrected chi connectivity index (χ1v) is 9.09. The minimum absolute atomic E-state index is 0.0305. The van der Waals surface area contributed by atoms with E-state index in [1.165, 1.54) is 0 Å². The van der Waals surface area contributed by atoms with Gasteiger partial charge in [0.15, 0.2) is 0 Å². The molecule has 0 aliphatic heterocycles. The van der Waals surface area contributed by atoms with E-state index in [9.17, 15) is 14.7 Å². The second kappa shape index (κ2) is 4.66. The molecule has 7 atom stereocenters. The number of hydrogen-bond donors (Lipinski definition) is 1. The number of ketones is 2. The van der Waals surface area contributed by atoms with Crippen molar-refractivity contribution in [1.29, 1.82) is 0 Å². The number of carbonyl (C=O) groups is 2. The maximum absolute atomic E-state index is 13.1. The predicted molar refractivity (Wildman–Crippen MR) is 83.1 cm³/mol. The van der Waals surface area contributed by atoms with E-state index >= 15 is 0 Å². The Hall–Kier alpha value is -0.700. The first-order chi connectivity index (χ1) is 10.4. The van der Waals surface area contributed by atoms with E-state index in [1.807, 2.05) is 0 Å². The zero-order valence-electron chi connectivity index (χ0n) is 13.8. The third kappa shape index (κ3) is 1.78. The summed E-state index contributed by atoms with van der Waals surface area (Å²) in [4.78, 5) is 24.9. The van der Waals surface area contributed by atoms with E-state index in [0.29, 0.717) is 48.6 Å². The van der Waals surface area contributed by atoms with Crippen molar-refractivity contribution in [2.45, 2.75) is 71.3 Å². The van der Waals surface area contributed by atoms with Gasteiger partial charge >= 0.3 is 0 Å². The molecule has 3 heteroatoms. The standard InChI is InChI=1S/C19H28O3/c1-18-8-7-12(20)9-11(18)3-4-13-14-5-6-16(22)19(14,2)10-15(21)17(13)18/h11,13-14,16-17,22H,3-10H2,1-2H3. The monoisotopic (exact) mass is 304 g/mol. The molecule has 0 aromatic rings. The lowest BCUT2D eigenvalue weighted by molar-refractivity contribution is -0.162. The fourth-order valence-corrected chi connectivity index (χ4v) is 6.83. The fraction of sp³-hybridized carbons (Fsp3) is 0.895. The predicted octanol–water partition coefficient (Wildman–Crippen LogP) is 3.14. The second-order valence-electron chi connectivity index (χ2n) is 9.01. The molecule has 0 radical (unpaired) electrons. The molecular weight excluding hydrogens is 276 g/mol. The Morgan fingerprint density at radius 3 is 2.59 bits per heavy atom. The molecule has 0 bridgehead atoms. The third-order valence-corrected chi connectivity index (χ3v) is 8.11. The van der Waals surface area contributed by atoms with Crippen LogP contribution in [0.15, 0.2) is 0 Å². The Labute approximate surface area is 132 Å². The van der Waals surface area contributed by atoms with Crippen molar-refractivity contribution < 1.29 is 14.7 Å².